The Kier molecular flexibility index (Phi) is 6.29. The van der Waals surface area contributed by atoms with Gasteiger partial charge in [0, 0.05) is 44.1 Å². The molecule has 0 N–H and O–H groups in total. The van der Waals surface area contributed by atoms with Gasteiger partial charge in [-0.3, -0.25) is 9.59 Å². The van der Waals surface area contributed by atoms with Gasteiger partial charge in [-0.1, -0.05) is 0 Å². The molecule has 8 heteroatoms. The number of halogens is 1. The van der Waals surface area contributed by atoms with E-state index < -0.39 is 0 Å². The molecular formula is C25H29FN4O2S. The van der Waals surface area contributed by atoms with Gasteiger partial charge in [0.2, 0.25) is 0 Å². The van der Waals surface area contributed by atoms with Gasteiger partial charge in [-0.15, -0.1) is 0 Å². The number of hydrogen-bond acceptors (Lipinski definition) is 5. The van der Waals surface area contributed by atoms with Crippen LogP contribution in [0, 0.1) is 5.82 Å². The summed E-state index contributed by atoms with van der Waals surface area (Å²) in [6.45, 7) is 4.37. The van der Waals surface area contributed by atoms with Crippen LogP contribution in [0.1, 0.15) is 64.6 Å². The fraction of sp³-hybridized carbons (Fsp3) is 0.480. The van der Waals surface area contributed by atoms with Crippen LogP contribution in [0.3, 0.4) is 0 Å². The molecule has 0 spiro atoms. The number of likely N-dealkylation sites (tertiary alicyclic amines) is 1. The Hall–Kier alpha value is -2.58. The molecule has 1 amide bonds. The molecule has 1 aromatic carbocycles. The fourth-order valence-electron chi connectivity index (χ4n) is 5.11. The van der Waals surface area contributed by atoms with Crippen molar-refractivity contribution in [3.8, 4) is 0 Å². The maximum absolute atomic E-state index is 13.5. The molecule has 3 aromatic rings. The molecule has 1 saturated heterocycles. The molecule has 33 heavy (non-hydrogen) atoms. The zero-order chi connectivity index (χ0) is 22.9. The van der Waals surface area contributed by atoms with E-state index in [0.717, 1.165) is 67.6 Å². The Labute approximate surface area is 197 Å². The van der Waals surface area contributed by atoms with Crippen LogP contribution in [-0.4, -0.2) is 63.7 Å². The minimum atomic E-state index is -0.202. The minimum Gasteiger partial charge on any atom is -0.344 e. The summed E-state index contributed by atoms with van der Waals surface area (Å²) >= 11 is 1.40. The molecule has 174 valence electrons. The zero-order valence-corrected chi connectivity index (χ0v) is 19.7. The van der Waals surface area contributed by atoms with Crippen molar-refractivity contribution in [3.05, 3.63) is 53.2 Å². The van der Waals surface area contributed by atoms with Crippen molar-refractivity contribution in [2.45, 2.75) is 44.6 Å². The van der Waals surface area contributed by atoms with Gasteiger partial charge in [0.1, 0.15) is 5.82 Å². The number of fused-ring (bicyclic) bond motifs is 2. The number of piperidine rings is 1. The number of hydrogen-bond donors (Lipinski definition) is 0. The van der Waals surface area contributed by atoms with E-state index in [4.69, 9.17) is 0 Å². The number of aromatic nitrogens is 2. The van der Waals surface area contributed by atoms with Crippen LogP contribution >= 0.6 is 11.5 Å². The highest BCUT2D eigenvalue weighted by molar-refractivity contribution is 7.13. The Balaban J connectivity index is 1.11. The van der Waals surface area contributed by atoms with Crippen LogP contribution < -0.4 is 0 Å². The van der Waals surface area contributed by atoms with Gasteiger partial charge in [-0.05, 0) is 81.1 Å². The zero-order valence-electron chi connectivity index (χ0n) is 18.9. The molecule has 2 aliphatic rings. The van der Waals surface area contributed by atoms with Crippen LogP contribution in [0.15, 0.2) is 30.5 Å². The van der Waals surface area contributed by atoms with E-state index in [9.17, 15) is 14.0 Å². The van der Waals surface area contributed by atoms with Gasteiger partial charge >= 0.3 is 0 Å². The summed E-state index contributed by atoms with van der Waals surface area (Å²) in [7, 11) is 1.75. The Morgan fingerprint density at radius 3 is 2.70 bits per heavy atom. The van der Waals surface area contributed by atoms with Gasteiger partial charge < -0.3 is 14.4 Å². The number of carbonyl (C=O) groups excluding carboxylic acids is 2. The van der Waals surface area contributed by atoms with E-state index in [-0.39, 0.29) is 17.5 Å². The molecule has 0 saturated carbocycles. The van der Waals surface area contributed by atoms with E-state index in [1.165, 1.54) is 17.6 Å². The highest BCUT2D eigenvalue weighted by Crippen LogP contribution is 2.34. The maximum Gasteiger partial charge on any atom is 0.255 e. The van der Waals surface area contributed by atoms with Crippen molar-refractivity contribution in [1.29, 1.82) is 0 Å². The minimum absolute atomic E-state index is 0.0597. The lowest BCUT2D eigenvalue weighted by atomic mass is 9.91. The smallest absolute Gasteiger partial charge is 0.255 e. The number of aryl methyl sites for hydroxylation is 1. The Bertz CT molecular complexity index is 1180. The van der Waals surface area contributed by atoms with Crippen molar-refractivity contribution in [3.63, 3.8) is 0 Å². The number of ketones is 1. The molecule has 0 atom stereocenters. The SMILES string of the molecule is CN1CCC(=O)c2c(ccn2CCCCN2CCC(c3nsc4cc(F)ccc34)CC2)C1=O. The third-order valence-electron chi connectivity index (χ3n) is 7.04. The molecular weight excluding hydrogens is 439 g/mol. The van der Waals surface area contributed by atoms with E-state index in [0.29, 0.717) is 30.1 Å². The van der Waals surface area contributed by atoms with Crippen molar-refractivity contribution in [1.82, 2.24) is 18.7 Å². The van der Waals surface area contributed by atoms with Crippen LogP contribution in [0.25, 0.3) is 10.1 Å². The molecule has 1 fully saturated rings. The lowest BCUT2D eigenvalue weighted by molar-refractivity contribution is 0.0798. The topological polar surface area (TPSA) is 58.4 Å². The second-order valence-electron chi connectivity index (χ2n) is 9.20. The quantitative estimate of drug-likeness (QED) is 0.498. The summed E-state index contributed by atoms with van der Waals surface area (Å²) in [5, 5.41) is 1.10. The predicted molar refractivity (Wildman–Crippen MR) is 128 cm³/mol. The summed E-state index contributed by atoms with van der Waals surface area (Å²) in [4.78, 5) is 29.2. The van der Waals surface area contributed by atoms with Crippen LogP contribution in [0.5, 0.6) is 0 Å². The van der Waals surface area contributed by atoms with Gasteiger partial charge in [0.05, 0.1) is 21.7 Å². The predicted octanol–water partition coefficient (Wildman–Crippen LogP) is 4.56. The summed E-state index contributed by atoms with van der Waals surface area (Å²) in [5.41, 5.74) is 2.26. The van der Waals surface area contributed by atoms with Crippen LogP contribution in [0.2, 0.25) is 0 Å². The first-order valence-electron chi connectivity index (χ1n) is 11.8. The first-order chi connectivity index (χ1) is 16.0. The van der Waals surface area contributed by atoms with Gasteiger partial charge in [0.15, 0.2) is 5.78 Å². The molecule has 0 aliphatic carbocycles. The average Bonchev–Trinajstić information content (AvgIpc) is 3.41. The molecule has 2 aromatic heterocycles. The second-order valence-corrected chi connectivity index (χ2v) is 10.0. The normalized spacial score (nSPS) is 18.2. The van der Waals surface area contributed by atoms with Crippen molar-refractivity contribution in [2.75, 3.05) is 33.2 Å². The molecule has 0 radical (unpaired) electrons. The fourth-order valence-corrected chi connectivity index (χ4v) is 5.99. The molecule has 0 unspecified atom stereocenters. The lowest BCUT2D eigenvalue weighted by Gasteiger charge is -2.31. The van der Waals surface area contributed by atoms with E-state index in [2.05, 4.69) is 9.27 Å². The summed E-state index contributed by atoms with van der Waals surface area (Å²) < 4.78 is 21.0. The van der Waals surface area contributed by atoms with E-state index in [1.807, 2.05) is 16.8 Å². The van der Waals surface area contributed by atoms with E-state index in [1.54, 1.807) is 24.1 Å². The first-order valence-corrected chi connectivity index (χ1v) is 12.5. The Morgan fingerprint density at radius 1 is 1.09 bits per heavy atom. The van der Waals surface area contributed by atoms with Gasteiger partial charge in [-0.25, -0.2) is 4.39 Å². The number of benzene rings is 1. The number of carbonyl (C=O) groups is 2. The lowest BCUT2D eigenvalue weighted by Crippen LogP contribution is -2.33. The second kappa shape index (κ2) is 9.35. The number of rotatable bonds is 6. The van der Waals surface area contributed by atoms with Crippen LogP contribution in [-0.2, 0) is 6.54 Å². The third kappa shape index (κ3) is 4.46. The Morgan fingerprint density at radius 2 is 1.88 bits per heavy atom. The number of unbranched alkanes of at least 4 members (excludes halogenated alkanes) is 1. The molecule has 5 rings (SSSR count). The number of Topliss-reactive ketones (excluding diaryl/α,β-unsaturated/α-hetero) is 1. The summed E-state index contributed by atoms with van der Waals surface area (Å²) in [6.07, 6.45) is 6.45. The standard InChI is InChI=1S/C25H29FN4O2S/c1-28-12-9-21(31)24-20(25(28)32)8-15-30(24)11-3-2-10-29-13-6-17(7-14-29)23-19-5-4-18(26)16-22(19)33-27-23/h4-5,8,15-17H,2-3,6-7,9-14H2,1H3. The maximum atomic E-state index is 13.5. The summed E-state index contributed by atoms with van der Waals surface area (Å²) in [5.74, 6) is 0.242. The third-order valence-corrected chi connectivity index (χ3v) is 7.86. The highest BCUT2D eigenvalue weighted by atomic mass is 32.1. The molecule has 4 heterocycles. The van der Waals surface area contributed by atoms with Crippen molar-refractivity contribution < 1.29 is 14.0 Å². The molecule has 0 bridgehead atoms. The first kappa shape index (κ1) is 22.2. The van der Waals surface area contributed by atoms with E-state index >= 15 is 0 Å². The highest BCUT2D eigenvalue weighted by Gasteiger charge is 2.28. The number of nitrogens with zero attached hydrogens (tertiary/aromatic N) is 4. The molecule has 2 aliphatic heterocycles. The van der Waals surface area contributed by atoms with Gasteiger partial charge in [0.25, 0.3) is 5.91 Å². The molecule has 6 nitrogen and oxygen atoms in total. The summed E-state index contributed by atoms with van der Waals surface area (Å²) in [6, 6.07) is 6.77. The van der Waals surface area contributed by atoms with Crippen LogP contribution in [0.4, 0.5) is 4.39 Å². The number of amides is 1. The largest absolute Gasteiger partial charge is 0.344 e. The van der Waals surface area contributed by atoms with Crippen molar-refractivity contribution in [2.24, 2.45) is 0 Å². The average molecular weight is 469 g/mol. The monoisotopic (exact) mass is 468 g/mol. The van der Waals surface area contributed by atoms with Gasteiger partial charge in [-0.2, -0.15) is 4.37 Å². The van der Waals surface area contributed by atoms with Crippen molar-refractivity contribution >= 4 is 33.3 Å².